The first-order valence-corrected chi connectivity index (χ1v) is 6.01. The van der Waals surface area contributed by atoms with Crippen LogP contribution in [0.5, 0.6) is 0 Å². The third-order valence-electron chi connectivity index (χ3n) is 2.63. The number of nitrogen functional groups attached to an aromatic ring is 1. The molecule has 0 saturated heterocycles. The van der Waals surface area contributed by atoms with Crippen LogP contribution < -0.4 is 11.1 Å². The maximum Gasteiger partial charge on any atom is 0.259 e. The van der Waals surface area contributed by atoms with Gasteiger partial charge >= 0.3 is 0 Å². The second kappa shape index (κ2) is 5.51. The molecule has 0 atom stereocenters. The van der Waals surface area contributed by atoms with Crippen LogP contribution in [-0.4, -0.2) is 16.1 Å². The minimum Gasteiger partial charge on any atom is -0.399 e. The molecule has 1 amide bonds. The molecule has 0 saturated carbocycles. The summed E-state index contributed by atoms with van der Waals surface area (Å²) < 4.78 is 13.6. The number of amides is 1. The third-order valence-corrected chi connectivity index (χ3v) is 2.63. The molecule has 1 aromatic heterocycles. The first-order chi connectivity index (χ1) is 9.10. The van der Waals surface area contributed by atoms with Crippen LogP contribution in [0, 0.1) is 5.82 Å². The molecule has 0 unspecified atom stereocenters. The first-order valence-electron chi connectivity index (χ1n) is 6.01. The van der Waals surface area contributed by atoms with Crippen molar-refractivity contribution in [1.82, 2.24) is 10.2 Å². The predicted octanol–water partition coefficient (Wildman–Crippen LogP) is 2.34. The van der Waals surface area contributed by atoms with Crippen molar-refractivity contribution in [2.75, 3.05) is 11.1 Å². The Hall–Kier alpha value is -2.37. The normalized spacial score (nSPS) is 10.4. The summed E-state index contributed by atoms with van der Waals surface area (Å²) in [4.78, 5) is 11.9. The smallest absolute Gasteiger partial charge is 0.259 e. The summed E-state index contributed by atoms with van der Waals surface area (Å²) >= 11 is 0. The van der Waals surface area contributed by atoms with E-state index in [-0.39, 0.29) is 11.3 Å². The van der Waals surface area contributed by atoms with E-state index in [0.29, 0.717) is 5.82 Å². The van der Waals surface area contributed by atoms with Crippen LogP contribution in [0.4, 0.5) is 15.9 Å². The second-order valence-electron chi connectivity index (χ2n) is 4.22. The number of benzene rings is 1. The number of carbonyl (C=O) groups excluding carboxylic acids is 1. The Kier molecular flexibility index (Phi) is 3.79. The highest BCUT2D eigenvalue weighted by atomic mass is 19.1. The van der Waals surface area contributed by atoms with Crippen molar-refractivity contribution in [3.8, 4) is 0 Å². The van der Waals surface area contributed by atoms with Crippen molar-refractivity contribution in [1.29, 1.82) is 0 Å². The van der Waals surface area contributed by atoms with E-state index in [0.717, 1.165) is 24.6 Å². The zero-order valence-corrected chi connectivity index (χ0v) is 10.5. The van der Waals surface area contributed by atoms with Crippen LogP contribution in [-0.2, 0) is 6.42 Å². The van der Waals surface area contributed by atoms with Crippen molar-refractivity contribution in [2.45, 2.75) is 19.8 Å². The average Bonchev–Trinajstić information content (AvgIpc) is 2.76. The molecule has 2 rings (SSSR count). The average molecular weight is 262 g/mol. The number of anilines is 2. The summed E-state index contributed by atoms with van der Waals surface area (Å²) in [6.07, 6.45) is 1.82. The molecule has 19 heavy (non-hydrogen) atoms. The number of hydrogen-bond donors (Lipinski definition) is 3. The van der Waals surface area contributed by atoms with E-state index in [1.54, 1.807) is 6.07 Å². The van der Waals surface area contributed by atoms with Gasteiger partial charge in [0.15, 0.2) is 5.82 Å². The van der Waals surface area contributed by atoms with Crippen molar-refractivity contribution in [2.24, 2.45) is 0 Å². The van der Waals surface area contributed by atoms with Crippen LogP contribution in [0.15, 0.2) is 24.3 Å². The van der Waals surface area contributed by atoms with Crippen molar-refractivity contribution >= 4 is 17.4 Å². The van der Waals surface area contributed by atoms with E-state index < -0.39 is 11.7 Å². The minimum absolute atomic E-state index is 0.0609. The fourth-order valence-corrected chi connectivity index (χ4v) is 1.72. The van der Waals surface area contributed by atoms with E-state index in [9.17, 15) is 9.18 Å². The van der Waals surface area contributed by atoms with Gasteiger partial charge in [-0.25, -0.2) is 4.39 Å². The summed E-state index contributed by atoms with van der Waals surface area (Å²) in [6.45, 7) is 2.04. The molecule has 0 spiro atoms. The number of aromatic nitrogens is 2. The van der Waals surface area contributed by atoms with Crippen LogP contribution in [0.1, 0.15) is 29.4 Å². The first kappa shape index (κ1) is 13.1. The van der Waals surface area contributed by atoms with E-state index in [1.807, 2.05) is 6.92 Å². The Labute approximate surface area is 110 Å². The zero-order valence-electron chi connectivity index (χ0n) is 10.5. The lowest BCUT2D eigenvalue weighted by atomic mass is 10.2. The predicted molar refractivity (Wildman–Crippen MR) is 71.3 cm³/mol. The van der Waals surface area contributed by atoms with E-state index >= 15 is 0 Å². The Morgan fingerprint density at radius 3 is 2.95 bits per heavy atom. The number of nitrogens with two attached hydrogens (primary N) is 1. The standard InChI is InChI=1S/C13H15FN4O/c1-2-3-9-7-12(18-17-9)16-13(19)10-5-4-8(15)6-11(10)14/h4-7H,2-3,15H2,1H3,(H2,16,17,18,19). The summed E-state index contributed by atoms with van der Waals surface area (Å²) in [7, 11) is 0. The molecular weight excluding hydrogens is 247 g/mol. The zero-order chi connectivity index (χ0) is 13.8. The molecule has 0 aliphatic rings. The number of H-pyrrole nitrogens is 1. The largest absolute Gasteiger partial charge is 0.399 e. The number of nitrogens with zero attached hydrogens (tertiary/aromatic N) is 1. The van der Waals surface area contributed by atoms with Gasteiger partial charge in [0.25, 0.3) is 5.91 Å². The Morgan fingerprint density at radius 1 is 1.47 bits per heavy atom. The van der Waals surface area contributed by atoms with Gasteiger partial charge in [0.2, 0.25) is 0 Å². The Balaban J connectivity index is 2.11. The van der Waals surface area contributed by atoms with E-state index in [1.165, 1.54) is 12.1 Å². The molecule has 100 valence electrons. The number of nitrogens with one attached hydrogen (secondary N) is 2. The number of carbonyl (C=O) groups is 1. The molecule has 0 radical (unpaired) electrons. The van der Waals surface area contributed by atoms with E-state index in [4.69, 9.17) is 5.73 Å². The monoisotopic (exact) mass is 262 g/mol. The molecule has 0 fully saturated rings. The highest BCUT2D eigenvalue weighted by Crippen LogP contribution is 2.14. The van der Waals surface area contributed by atoms with Gasteiger partial charge in [-0.2, -0.15) is 5.10 Å². The lowest BCUT2D eigenvalue weighted by Gasteiger charge is -2.03. The fraction of sp³-hybridized carbons (Fsp3) is 0.231. The van der Waals surface area contributed by atoms with Gasteiger partial charge in [-0.1, -0.05) is 13.3 Å². The lowest BCUT2D eigenvalue weighted by Crippen LogP contribution is -2.14. The van der Waals surface area contributed by atoms with Crippen LogP contribution >= 0.6 is 0 Å². The molecule has 0 bridgehead atoms. The van der Waals surface area contributed by atoms with Gasteiger partial charge in [0.1, 0.15) is 5.82 Å². The van der Waals surface area contributed by atoms with Crippen LogP contribution in [0.25, 0.3) is 0 Å². The third kappa shape index (κ3) is 3.09. The number of aryl methyl sites for hydroxylation is 1. The van der Waals surface area contributed by atoms with Crippen molar-refractivity contribution < 1.29 is 9.18 Å². The number of aromatic amines is 1. The van der Waals surface area contributed by atoms with Crippen molar-refractivity contribution in [3.63, 3.8) is 0 Å². The minimum atomic E-state index is -0.651. The molecule has 2 aromatic rings. The summed E-state index contributed by atoms with van der Waals surface area (Å²) in [6, 6.07) is 5.67. The topological polar surface area (TPSA) is 83.8 Å². The highest BCUT2D eigenvalue weighted by molar-refractivity contribution is 6.04. The quantitative estimate of drug-likeness (QED) is 0.739. The highest BCUT2D eigenvalue weighted by Gasteiger charge is 2.13. The molecular formula is C13H15FN4O. The number of rotatable bonds is 4. The van der Waals surface area contributed by atoms with Gasteiger partial charge in [-0.3, -0.25) is 9.89 Å². The Morgan fingerprint density at radius 2 is 2.26 bits per heavy atom. The number of hydrogen-bond acceptors (Lipinski definition) is 3. The molecule has 4 N–H and O–H groups in total. The summed E-state index contributed by atoms with van der Waals surface area (Å²) in [5, 5.41) is 9.29. The molecule has 1 heterocycles. The number of halogens is 1. The molecule has 0 aliphatic heterocycles. The summed E-state index contributed by atoms with van der Waals surface area (Å²) in [5.41, 5.74) is 6.57. The van der Waals surface area contributed by atoms with Gasteiger partial charge in [-0.15, -0.1) is 0 Å². The molecule has 5 nitrogen and oxygen atoms in total. The second-order valence-corrected chi connectivity index (χ2v) is 4.22. The fourth-order valence-electron chi connectivity index (χ4n) is 1.72. The van der Waals surface area contributed by atoms with E-state index in [2.05, 4.69) is 15.5 Å². The molecule has 1 aromatic carbocycles. The van der Waals surface area contributed by atoms with Gasteiger partial charge in [-0.05, 0) is 24.6 Å². The Bertz CT molecular complexity index is 594. The molecule has 6 heteroatoms. The maximum atomic E-state index is 13.6. The van der Waals surface area contributed by atoms with Crippen LogP contribution in [0.3, 0.4) is 0 Å². The molecule has 0 aliphatic carbocycles. The van der Waals surface area contributed by atoms with Gasteiger partial charge in [0.05, 0.1) is 5.56 Å². The summed E-state index contributed by atoms with van der Waals surface area (Å²) in [5.74, 6) is -0.821. The maximum absolute atomic E-state index is 13.6. The SMILES string of the molecule is CCCc1cc(NC(=O)c2ccc(N)cc2F)n[nH]1. The van der Waals surface area contributed by atoms with Crippen molar-refractivity contribution in [3.05, 3.63) is 41.3 Å². The van der Waals surface area contributed by atoms with Gasteiger partial charge < -0.3 is 11.1 Å². The lowest BCUT2D eigenvalue weighted by molar-refractivity contribution is 0.102. The van der Waals surface area contributed by atoms with Gasteiger partial charge in [0, 0.05) is 17.4 Å². The van der Waals surface area contributed by atoms with Crippen LogP contribution in [0.2, 0.25) is 0 Å².